The zero-order valence-corrected chi connectivity index (χ0v) is 12.0. The Morgan fingerprint density at radius 1 is 1.35 bits per heavy atom. The highest BCUT2D eigenvalue weighted by molar-refractivity contribution is 7.07. The molecule has 1 unspecified atom stereocenters. The van der Waals surface area contributed by atoms with E-state index >= 15 is 0 Å². The van der Waals surface area contributed by atoms with E-state index in [1.54, 1.807) is 11.3 Å². The van der Waals surface area contributed by atoms with Crippen molar-refractivity contribution in [2.45, 2.75) is 31.8 Å². The molecule has 102 valence electrons. The third kappa shape index (κ3) is 2.05. The predicted molar refractivity (Wildman–Crippen MR) is 82.9 cm³/mol. The van der Waals surface area contributed by atoms with E-state index in [0.717, 1.165) is 12.2 Å². The number of fused-ring (bicyclic) bond motifs is 3. The first-order valence-corrected chi connectivity index (χ1v) is 8.06. The summed E-state index contributed by atoms with van der Waals surface area (Å²) in [5.41, 5.74) is 7.18. The lowest BCUT2D eigenvalue weighted by Crippen LogP contribution is -2.25. The highest BCUT2D eigenvalue weighted by Gasteiger charge is 2.23. The molecule has 0 radical (unpaired) electrons. The molecule has 2 aromatic heterocycles. The number of hydrogen-bond acceptors (Lipinski definition) is 3. The van der Waals surface area contributed by atoms with Gasteiger partial charge in [0.05, 0.1) is 11.2 Å². The van der Waals surface area contributed by atoms with Gasteiger partial charge in [0.1, 0.15) is 0 Å². The molecule has 0 aliphatic heterocycles. The van der Waals surface area contributed by atoms with Gasteiger partial charge in [0.25, 0.3) is 0 Å². The second-order valence-corrected chi connectivity index (χ2v) is 6.09. The number of aryl methyl sites for hydroxylation is 1. The minimum Gasteiger partial charge on any atom is -0.357 e. The fourth-order valence-corrected chi connectivity index (χ4v) is 3.73. The Morgan fingerprint density at radius 2 is 2.30 bits per heavy atom. The van der Waals surface area contributed by atoms with Crippen molar-refractivity contribution in [3.63, 3.8) is 0 Å². The third-order valence-corrected chi connectivity index (χ3v) is 4.76. The first-order valence-electron chi connectivity index (χ1n) is 7.12. The van der Waals surface area contributed by atoms with E-state index in [9.17, 15) is 0 Å². The lowest BCUT2D eigenvalue weighted by molar-refractivity contribution is 0.450. The molecule has 20 heavy (non-hydrogen) atoms. The van der Waals surface area contributed by atoms with Crippen molar-refractivity contribution in [3.05, 3.63) is 52.1 Å². The average molecular weight is 283 g/mol. The number of nitrogens with one attached hydrogen (secondary N) is 2. The summed E-state index contributed by atoms with van der Waals surface area (Å²) in [7, 11) is 0. The van der Waals surface area contributed by atoms with Crippen molar-refractivity contribution in [2.24, 2.45) is 0 Å². The van der Waals surface area contributed by atoms with Crippen molar-refractivity contribution < 1.29 is 0 Å². The number of aromatic nitrogens is 2. The molecule has 4 heteroatoms. The second-order valence-electron chi connectivity index (χ2n) is 5.37. The molecule has 0 fully saturated rings. The zero-order chi connectivity index (χ0) is 13.4. The number of thiazole rings is 1. The smallest absolute Gasteiger partial charge is 0.0795 e. The van der Waals surface area contributed by atoms with Gasteiger partial charge in [0, 0.05) is 34.6 Å². The van der Waals surface area contributed by atoms with E-state index in [4.69, 9.17) is 0 Å². The maximum Gasteiger partial charge on any atom is 0.0795 e. The van der Waals surface area contributed by atoms with E-state index in [1.807, 2.05) is 5.51 Å². The summed E-state index contributed by atoms with van der Waals surface area (Å²) in [4.78, 5) is 7.96. The van der Waals surface area contributed by atoms with Gasteiger partial charge >= 0.3 is 0 Å². The first kappa shape index (κ1) is 12.1. The molecule has 0 bridgehead atoms. The van der Waals surface area contributed by atoms with Gasteiger partial charge in [-0.2, -0.15) is 0 Å². The van der Waals surface area contributed by atoms with Crippen LogP contribution in [0.15, 0.2) is 35.2 Å². The topological polar surface area (TPSA) is 40.7 Å². The minimum atomic E-state index is 0.424. The fraction of sp³-hybridized carbons (Fsp3) is 0.312. The summed E-state index contributed by atoms with van der Waals surface area (Å²) in [5.74, 6) is 0. The fourth-order valence-electron chi connectivity index (χ4n) is 3.17. The predicted octanol–water partition coefficient (Wildman–Crippen LogP) is 3.79. The molecule has 3 nitrogen and oxygen atoms in total. The van der Waals surface area contributed by atoms with Crippen LogP contribution in [0.1, 0.15) is 35.8 Å². The van der Waals surface area contributed by atoms with Gasteiger partial charge in [0.2, 0.25) is 0 Å². The Kier molecular flexibility index (Phi) is 3.05. The zero-order valence-electron chi connectivity index (χ0n) is 11.2. The quantitative estimate of drug-likeness (QED) is 0.767. The molecule has 1 aliphatic carbocycles. The molecule has 1 atom stereocenters. The van der Waals surface area contributed by atoms with E-state index in [0.29, 0.717) is 6.04 Å². The molecule has 1 aromatic carbocycles. The van der Waals surface area contributed by atoms with Gasteiger partial charge in [-0.15, -0.1) is 11.3 Å². The largest absolute Gasteiger partial charge is 0.357 e. The molecular weight excluding hydrogens is 266 g/mol. The van der Waals surface area contributed by atoms with E-state index in [2.05, 4.69) is 44.9 Å². The maximum atomic E-state index is 4.35. The van der Waals surface area contributed by atoms with Gasteiger partial charge in [-0.05, 0) is 30.9 Å². The van der Waals surface area contributed by atoms with Crippen molar-refractivity contribution >= 4 is 22.2 Å². The summed E-state index contributed by atoms with van der Waals surface area (Å²) in [6, 6.07) is 9.05. The van der Waals surface area contributed by atoms with Crippen molar-refractivity contribution in [3.8, 4) is 0 Å². The number of benzene rings is 1. The van der Waals surface area contributed by atoms with Crippen LogP contribution in [0.5, 0.6) is 0 Å². The summed E-state index contributed by atoms with van der Waals surface area (Å²) in [6.45, 7) is 0.850. The first-order chi connectivity index (χ1) is 9.92. The lowest BCUT2D eigenvalue weighted by Gasteiger charge is -2.23. The Labute approximate surface area is 122 Å². The Bertz CT molecular complexity index is 714. The molecular formula is C16H17N3S. The summed E-state index contributed by atoms with van der Waals surface area (Å²) in [5, 5.41) is 7.16. The molecule has 0 saturated heterocycles. The molecule has 0 spiro atoms. The Balaban J connectivity index is 1.64. The summed E-state index contributed by atoms with van der Waals surface area (Å²) < 4.78 is 0. The van der Waals surface area contributed by atoms with Gasteiger partial charge in [-0.3, -0.25) is 0 Å². The van der Waals surface area contributed by atoms with Crippen molar-refractivity contribution in [1.29, 1.82) is 0 Å². The van der Waals surface area contributed by atoms with Crippen LogP contribution >= 0.6 is 11.3 Å². The number of rotatable bonds is 3. The monoisotopic (exact) mass is 283 g/mol. The van der Waals surface area contributed by atoms with Crippen LogP contribution in [-0.2, 0) is 13.0 Å². The second kappa shape index (κ2) is 5.04. The Hall–Kier alpha value is -1.65. The standard InChI is InChI=1S/C16H17N3S/c1-2-6-14-12(4-1)13-5-3-7-15(16(13)19-14)17-8-11-9-20-10-18-11/h1-2,4,6,9-10,15,17,19H,3,5,7-8H2. The van der Waals surface area contributed by atoms with Gasteiger partial charge in [-0.1, -0.05) is 18.2 Å². The van der Waals surface area contributed by atoms with Gasteiger partial charge in [-0.25, -0.2) is 4.98 Å². The van der Waals surface area contributed by atoms with Crippen LogP contribution in [0.25, 0.3) is 10.9 Å². The van der Waals surface area contributed by atoms with Crippen molar-refractivity contribution in [2.75, 3.05) is 0 Å². The summed E-state index contributed by atoms with van der Waals surface area (Å²) >= 11 is 1.66. The van der Waals surface area contributed by atoms with Crippen LogP contribution in [0.2, 0.25) is 0 Å². The van der Waals surface area contributed by atoms with E-state index in [1.165, 1.54) is 41.4 Å². The number of nitrogens with zero attached hydrogens (tertiary/aromatic N) is 1. The average Bonchev–Trinajstić information content (AvgIpc) is 3.12. The highest BCUT2D eigenvalue weighted by Crippen LogP contribution is 2.34. The lowest BCUT2D eigenvalue weighted by atomic mass is 9.91. The molecule has 1 aliphatic rings. The number of H-pyrrole nitrogens is 1. The number of para-hydroxylation sites is 1. The molecule has 2 heterocycles. The van der Waals surface area contributed by atoms with Crippen LogP contribution in [0, 0.1) is 0 Å². The Morgan fingerprint density at radius 3 is 3.20 bits per heavy atom. The number of hydrogen-bond donors (Lipinski definition) is 2. The minimum absolute atomic E-state index is 0.424. The van der Waals surface area contributed by atoms with Gasteiger partial charge < -0.3 is 10.3 Å². The van der Waals surface area contributed by atoms with E-state index < -0.39 is 0 Å². The van der Waals surface area contributed by atoms with E-state index in [-0.39, 0.29) is 0 Å². The third-order valence-electron chi connectivity index (χ3n) is 4.13. The van der Waals surface area contributed by atoms with Crippen LogP contribution in [-0.4, -0.2) is 9.97 Å². The molecule has 0 saturated carbocycles. The maximum absolute atomic E-state index is 4.35. The van der Waals surface area contributed by atoms with Crippen molar-refractivity contribution in [1.82, 2.24) is 15.3 Å². The molecule has 0 amide bonds. The van der Waals surface area contributed by atoms with Crippen LogP contribution < -0.4 is 5.32 Å². The van der Waals surface area contributed by atoms with Gasteiger partial charge in [0.15, 0.2) is 0 Å². The van der Waals surface area contributed by atoms with Crippen LogP contribution in [0.4, 0.5) is 0 Å². The highest BCUT2D eigenvalue weighted by atomic mass is 32.1. The SMILES string of the molecule is c1ccc2c3c([nH]c2c1)C(NCc1cscn1)CCC3. The molecule has 3 aromatic rings. The summed E-state index contributed by atoms with van der Waals surface area (Å²) in [6.07, 6.45) is 3.64. The normalized spacial score (nSPS) is 18.3. The van der Waals surface area contributed by atoms with Crippen LogP contribution in [0.3, 0.4) is 0 Å². The molecule has 2 N–H and O–H groups in total. The number of aromatic amines is 1. The molecule has 4 rings (SSSR count).